The monoisotopic (exact) mass is 234 g/mol. The van der Waals surface area contributed by atoms with Crippen molar-refractivity contribution in [2.24, 2.45) is 0 Å². The van der Waals surface area contributed by atoms with Crippen molar-refractivity contribution in [1.82, 2.24) is 14.5 Å². The average molecular weight is 234 g/mol. The topological polar surface area (TPSA) is 86.2 Å². The zero-order valence-electron chi connectivity index (χ0n) is 9.28. The zero-order valence-corrected chi connectivity index (χ0v) is 9.28. The number of aliphatic hydroxyl groups is 1. The van der Waals surface area contributed by atoms with E-state index in [0.717, 1.165) is 18.4 Å². The Hall–Kier alpha value is -1.66. The molecule has 1 aliphatic rings. The van der Waals surface area contributed by atoms with Crippen molar-refractivity contribution in [2.45, 2.75) is 25.2 Å². The van der Waals surface area contributed by atoms with E-state index < -0.39 is 0 Å². The summed E-state index contributed by atoms with van der Waals surface area (Å²) >= 11 is 0. The molecule has 3 N–H and O–H groups in total. The van der Waals surface area contributed by atoms with Crippen LogP contribution in [0.4, 0.5) is 5.82 Å². The fourth-order valence-electron chi connectivity index (χ4n) is 2.24. The fraction of sp³-hybridized carbons (Fsp3) is 0.455. The van der Waals surface area contributed by atoms with Crippen LogP contribution >= 0.6 is 0 Å². The molecule has 2 atom stereocenters. The molecule has 1 saturated heterocycles. The molecule has 0 unspecified atom stereocenters. The van der Waals surface area contributed by atoms with Crippen molar-refractivity contribution in [3.05, 3.63) is 18.6 Å². The van der Waals surface area contributed by atoms with Gasteiger partial charge in [-0.25, -0.2) is 9.97 Å². The van der Waals surface area contributed by atoms with Crippen molar-refractivity contribution < 1.29 is 9.84 Å². The van der Waals surface area contributed by atoms with Crippen LogP contribution in [0.15, 0.2) is 18.6 Å². The Morgan fingerprint density at radius 3 is 3.12 bits per heavy atom. The van der Waals surface area contributed by atoms with Gasteiger partial charge in [0, 0.05) is 6.20 Å². The lowest BCUT2D eigenvalue weighted by molar-refractivity contribution is -0.0204. The smallest absolute Gasteiger partial charge is 0.151 e. The standard InChI is InChI=1S/C11H14N4O2/c12-11-10-8(3-4-13-11)15(6-14-10)9-2-1-7(5-16)17-9/h3-4,6-7,9,16H,1-2,5H2,(H2,12,13)/t7-,9+/m0/s1. The Bertz CT molecular complexity index is 539. The molecule has 0 saturated carbocycles. The minimum absolute atomic E-state index is 0.0623. The number of aromatic nitrogens is 3. The molecule has 0 amide bonds. The van der Waals surface area contributed by atoms with E-state index >= 15 is 0 Å². The van der Waals surface area contributed by atoms with Crippen molar-refractivity contribution in [2.75, 3.05) is 12.3 Å². The van der Waals surface area contributed by atoms with Crippen LogP contribution in [0.3, 0.4) is 0 Å². The van der Waals surface area contributed by atoms with Gasteiger partial charge >= 0.3 is 0 Å². The summed E-state index contributed by atoms with van der Waals surface area (Å²) in [7, 11) is 0. The number of ether oxygens (including phenoxy) is 1. The predicted octanol–water partition coefficient (Wildman–Crippen LogP) is 0.683. The van der Waals surface area contributed by atoms with Gasteiger partial charge in [0.05, 0.1) is 24.6 Å². The molecule has 17 heavy (non-hydrogen) atoms. The summed E-state index contributed by atoms with van der Waals surface area (Å²) in [5.74, 6) is 0.429. The summed E-state index contributed by atoms with van der Waals surface area (Å²) in [6.45, 7) is 0.0623. The van der Waals surface area contributed by atoms with Gasteiger partial charge in [-0.1, -0.05) is 0 Å². The van der Waals surface area contributed by atoms with Gasteiger partial charge in [0.25, 0.3) is 0 Å². The first-order chi connectivity index (χ1) is 8.29. The predicted molar refractivity (Wildman–Crippen MR) is 62.2 cm³/mol. The number of nitrogen functional groups attached to an aromatic ring is 1. The molecule has 90 valence electrons. The molecule has 2 aromatic heterocycles. The first-order valence-electron chi connectivity index (χ1n) is 5.63. The first kappa shape index (κ1) is 10.5. The lowest BCUT2D eigenvalue weighted by Crippen LogP contribution is -2.13. The minimum atomic E-state index is -0.0726. The third-order valence-corrected chi connectivity index (χ3v) is 3.12. The second-order valence-corrected chi connectivity index (χ2v) is 4.19. The quantitative estimate of drug-likeness (QED) is 0.798. The van der Waals surface area contributed by atoms with Crippen LogP contribution in [-0.4, -0.2) is 32.4 Å². The Labute approximate surface area is 98.0 Å². The number of imidazole rings is 1. The molecule has 0 spiro atoms. The highest BCUT2D eigenvalue weighted by Gasteiger charge is 2.27. The summed E-state index contributed by atoms with van der Waals surface area (Å²) in [6, 6.07) is 1.87. The molecule has 6 heteroatoms. The Balaban J connectivity index is 1.99. The molecule has 3 heterocycles. The van der Waals surface area contributed by atoms with Crippen molar-refractivity contribution in [3.8, 4) is 0 Å². The summed E-state index contributed by atoms with van der Waals surface area (Å²) in [4.78, 5) is 8.25. The van der Waals surface area contributed by atoms with Crippen molar-refractivity contribution in [3.63, 3.8) is 0 Å². The van der Waals surface area contributed by atoms with Gasteiger partial charge in [-0.05, 0) is 18.9 Å². The van der Waals surface area contributed by atoms with Gasteiger partial charge in [0.2, 0.25) is 0 Å². The number of aliphatic hydroxyl groups excluding tert-OH is 1. The molecule has 0 aliphatic carbocycles. The number of anilines is 1. The number of pyridine rings is 1. The molecule has 1 fully saturated rings. The van der Waals surface area contributed by atoms with E-state index in [1.165, 1.54) is 0 Å². The van der Waals surface area contributed by atoms with Crippen LogP contribution < -0.4 is 5.73 Å². The van der Waals surface area contributed by atoms with Crippen LogP contribution in [0.5, 0.6) is 0 Å². The normalized spacial score (nSPS) is 24.5. The molecular formula is C11H14N4O2. The molecule has 0 radical (unpaired) electrons. The van der Waals surface area contributed by atoms with Crippen LogP contribution in [0, 0.1) is 0 Å². The summed E-state index contributed by atoms with van der Waals surface area (Å²) in [5.41, 5.74) is 7.37. The largest absolute Gasteiger partial charge is 0.394 e. The third kappa shape index (κ3) is 1.65. The SMILES string of the molecule is Nc1nccc2c1ncn2[C@H]1CC[C@@H](CO)O1. The lowest BCUT2D eigenvalue weighted by Gasteiger charge is -2.14. The highest BCUT2D eigenvalue weighted by atomic mass is 16.5. The van der Waals surface area contributed by atoms with E-state index in [2.05, 4.69) is 9.97 Å². The molecule has 3 rings (SSSR count). The van der Waals surface area contributed by atoms with Gasteiger partial charge in [-0.15, -0.1) is 0 Å². The molecule has 1 aliphatic heterocycles. The Kier molecular flexibility index (Phi) is 2.45. The number of rotatable bonds is 2. The highest BCUT2D eigenvalue weighted by molar-refractivity contribution is 5.84. The maximum absolute atomic E-state index is 9.06. The molecule has 0 bridgehead atoms. The van der Waals surface area contributed by atoms with Crippen molar-refractivity contribution in [1.29, 1.82) is 0 Å². The molecule has 0 aromatic carbocycles. The van der Waals surface area contributed by atoms with E-state index in [1.54, 1.807) is 12.5 Å². The number of hydrogen-bond donors (Lipinski definition) is 2. The van der Waals surface area contributed by atoms with Gasteiger partial charge in [-0.2, -0.15) is 0 Å². The van der Waals surface area contributed by atoms with Crippen LogP contribution in [0.2, 0.25) is 0 Å². The third-order valence-electron chi connectivity index (χ3n) is 3.12. The van der Waals surface area contributed by atoms with Gasteiger partial charge in [-0.3, -0.25) is 0 Å². The van der Waals surface area contributed by atoms with Crippen LogP contribution in [0.1, 0.15) is 19.1 Å². The molecule has 6 nitrogen and oxygen atoms in total. The maximum Gasteiger partial charge on any atom is 0.151 e. The average Bonchev–Trinajstić information content (AvgIpc) is 2.94. The maximum atomic E-state index is 9.06. The second-order valence-electron chi connectivity index (χ2n) is 4.19. The van der Waals surface area contributed by atoms with E-state index in [9.17, 15) is 0 Å². The Morgan fingerprint density at radius 2 is 2.35 bits per heavy atom. The van der Waals surface area contributed by atoms with E-state index in [-0.39, 0.29) is 18.9 Å². The summed E-state index contributed by atoms with van der Waals surface area (Å²) in [5, 5.41) is 9.06. The summed E-state index contributed by atoms with van der Waals surface area (Å²) in [6.07, 6.45) is 4.97. The first-order valence-corrected chi connectivity index (χ1v) is 5.63. The number of fused-ring (bicyclic) bond motifs is 1. The van der Waals surface area contributed by atoms with E-state index in [1.807, 2.05) is 10.6 Å². The van der Waals surface area contributed by atoms with Gasteiger partial charge in [0.1, 0.15) is 11.7 Å². The van der Waals surface area contributed by atoms with E-state index in [0.29, 0.717) is 11.3 Å². The van der Waals surface area contributed by atoms with Crippen LogP contribution in [-0.2, 0) is 4.74 Å². The zero-order chi connectivity index (χ0) is 11.8. The summed E-state index contributed by atoms with van der Waals surface area (Å²) < 4.78 is 7.66. The lowest BCUT2D eigenvalue weighted by atomic mass is 10.2. The number of nitrogens with two attached hydrogens (primary N) is 1. The van der Waals surface area contributed by atoms with Crippen LogP contribution in [0.25, 0.3) is 11.0 Å². The van der Waals surface area contributed by atoms with Gasteiger partial charge in [0.15, 0.2) is 5.82 Å². The molecule has 2 aromatic rings. The fourth-order valence-corrected chi connectivity index (χ4v) is 2.24. The number of nitrogens with zero attached hydrogens (tertiary/aromatic N) is 3. The highest BCUT2D eigenvalue weighted by Crippen LogP contribution is 2.31. The number of hydrogen-bond acceptors (Lipinski definition) is 5. The van der Waals surface area contributed by atoms with Crippen molar-refractivity contribution >= 4 is 16.9 Å². The molecular weight excluding hydrogens is 220 g/mol. The Morgan fingerprint density at radius 1 is 1.47 bits per heavy atom. The van der Waals surface area contributed by atoms with Gasteiger partial charge < -0.3 is 20.1 Å². The minimum Gasteiger partial charge on any atom is -0.394 e. The van der Waals surface area contributed by atoms with E-state index in [4.69, 9.17) is 15.6 Å². The second kappa shape index (κ2) is 3.97.